The van der Waals surface area contributed by atoms with Gasteiger partial charge in [0.15, 0.2) is 0 Å². The zero-order valence-corrected chi connectivity index (χ0v) is 12.5. The van der Waals surface area contributed by atoms with Crippen molar-refractivity contribution in [1.82, 2.24) is 10.0 Å². The SMILES string of the molecule is CCNCCCS(=O)(=O)NC(CC)(CC)CC. The van der Waals surface area contributed by atoms with Crippen molar-refractivity contribution < 1.29 is 8.42 Å². The van der Waals surface area contributed by atoms with Crippen LogP contribution in [0.15, 0.2) is 0 Å². The monoisotopic (exact) mass is 264 g/mol. The summed E-state index contributed by atoms with van der Waals surface area (Å²) < 4.78 is 26.8. The molecule has 4 nitrogen and oxygen atoms in total. The third-order valence-corrected chi connectivity index (χ3v) is 4.99. The minimum absolute atomic E-state index is 0.210. The molecular formula is C12H28N2O2S. The standard InChI is InChI=1S/C12H28N2O2S/c1-5-12(6-2,7-3)14-17(15,16)11-9-10-13-8-4/h13-14H,5-11H2,1-4H3. The summed E-state index contributed by atoms with van der Waals surface area (Å²) in [5.41, 5.74) is -0.253. The quantitative estimate of drug-likeness (QED) is 0.592. The summed E-state index contributed by atoms with van der Waals surface area (Å²) in [7, 11) is -3.15. The van der Waals surface area contributed by atoms with Gasteiger partial charge >= 0.3 is 0 Å². The van der Waals surface area contributed by atoms with E-state index in [1.54, 1.807) is 0 Å². The highest BCUT2D eigenvalue weighted by Gasteiger charge is 2.28. The lowest BCUT2D eigenvalue weighted by molar-refractivity contribution is 0.341. The molecule has 17 heavy (non-hydrogen) atoms. The fraction of sp³-hybridized carbons (Fsp3) is 1.00. The summed E-state index contributed by atoms with van der Waals surface area (Å²) >= 11 is 0. The molecule has 0 radical (unpaired) electrons. The van der Waals surface area contributed by atoms with Gasteiger partial charge < -0.3 is 5.32 Å². The van der Waals surface area contributed by atoms with Gasteiger partial charge in [-0.2, -0.15) is 0 Å². The summed E-state index contributed by atoms with van der Waals surface area (Å²) in [4.78, 5) is 0. The molecule has 0 fully saturated rings. The molecule has 2 N–H and O–H groups in total. The minimum atomic E-state index is -3.15. The molecule has 0 aliphatic rings. The van der Waals surface area contributed by atoms with E-state index < -0.39 is 10.0 Å². The first-order chi connectivity index (χ1) is 7.95. The van der Waals surface area contributed by atoms with Gasteiger partial charge in [0.25, 0.3) is 0 Å². The first-order valence-electron chi connectivity index (χ1n) is 6.67. The predicted molar refractivity (Wildman–Crippen MR) is 73.7 cm³/mol. The molecule has 104 valence electrons. The van der Waals surface area contributed by atoms with Crippen molar-refractivity contribution >= 4 is 10.0 Å². The van der Waals surface area contributed by atoms with Crippen molar-refractivity contribution in [3.8, 4) is 0 Å². The molecule has 0 aromatic heterocycles. The van der Waals surface area contributed by atoms with Crippen LogP contribution in [0.2, 0.25) is 0 Å². The smallest absolute Gasteiger partial charge is 0.212 e. The molecule has 0 aromatic rings. The number of nitrogens with one attached hydrogen (secondary N) is 2. The molecule has 0 aliphatic carbocycles. The molecule has 0 unspecified atom stereocenters. The van der Waals surface area contributed by atoms with Crippen LogP contribution in [-0.2, 0) is 10.0 Å². The Bertz CT molecular complexity index is 277. The van der Waals surface area contributed by atoms with Gasteiger partial charge in [-0.1, -0.05) is 27.7 Å². The lowest BCUT2D eigenvalue weighted by Gasteiger charge is -2.31. The van der Waals surface area contributed by atoms with Gasteiger partial charge in [0.1, 0.15) is 0 Å². The number of hydrogen-bond donors (Lipinski definition) is 2. The van der Waals surface area contributed by atoms with Gasteiger partial charge in [-0.15, -0.1) is 0 Å². The van der Waals surface area contributed by atoms with Crippen LogP contribution < -0.4 is 10.0 Å². The summed E-state index contributed by atoms with van der Waals surface area (Å²) in [6.45, 7) is 9.77. The molecule has 0 bridgehead atoms. The minimum Gasteiger partial charge on any atom is -0.317 e. The van der Waals surface area contributed by atoms with Gasteiger partial charge in [0.05, 0.1) is 5.75 Å². The average molecular weight is 264 g/mol. The Balaban J connectivity index is 4.31. The molecule has 0 aromatic carbocycles. The Kier molecular flexibility index (Phi) is 8.00. The third-order valence-electron chi connectivity index (χ3n) is 3.42. The second-order valence-electron chi connectivity index (χ2n) is 4.47. The lowest BCUT2D eigenvalue weighted by Crippen LogP contribution is -2.48. The van der Waals surface area contributed by atoms with Gasteiger partial charge in [-0.05, 0) is 38.8 Å². The van der Waals surface area contributed by atoms with Crippen molar-refractivity contribution in [3.63, 3.8) is 0 Å². The largest absolute Gasteiger partial charge is 0.317 e. The fourth-order valence-corrected chi connectivity index (χ4v) is 3.63. The van der Waals surface area contributed by atoms with E-state index >= 15 is 0 Å². The normalized spacial score (nSPS) is 12.9. The Morgan fingerprint density at radius 2 is 1.53 bits per heavy atom. The first kappa shape index (κ1) is 16.9. The highest BCUT2D eigenvalue weighted by molar-refractivity contribution is 7.89. The van der Waals surface area contributed by atoms with E-state index in [1.165, 1.54) is 0 Å². The predicted octanol–water partition coefficient (Wildman–Crippen LogP) is 1.87. The Hall–Kier alpha value is -0.130. The Labute approximate surface area is 107 Å². The second kappa shape index (κ2) is 8.06. The van der Waals surface area contributed by atoms with Crippen molar-refractivity contribution in [3.05, 3.63) is 0 Å². The molecule has 0 saturated carbocycles. The molecule has 5 heteroatoms. The second-order valence-corrected chi connectivity index (χ2v) is 6.31. The zero-order valence-electron chi connectivity index (χ0n) is 11.7. The van der Waals surface area contributed by atoms with E-state index in [0.29, 0.717) is 6.42 Å². The Morgan fingerprint density at radius 3 is 1.94 bits per heavy atom. The molecular weight excluding hydrogens is 236 g/mol. The van der Waals surface area contributed by atoms with E-state index in [1.807, 2.05) is 27.7 Å². The van der Waals surface area contributed by atoms with Crippen LogP contribution in [0, 0.1) is 0 Å². The molecule has 0 atom stereocenters. The summed E-state index contributed by atoms with van der Waals surface area (Å²) in [6, 6.07) is 0. The fourth-order valence-electron chi connectivity index (χ4n) is 1.91. The maximum Gasteiger partial charge on any atom is 0.212 e. The third kappa shape index (κ3) is 6.38. The molecule has 0 spiro atoms. The molecule has 0 aliphatic heterocycles. The van der Waals surface area contributed by atoms with Gasteiger partial charge in [-0.25, -0.2) is 13.1 Å². The maximum atomic E-state index is 11.9. The summed E-state index contributed by atoms with van der Waals surface area (Å²) in [6.07, 6.45) is 3.18. The zero-order chi connectivity index (χ0) is 13.4. The van der Waals surface area contributed by atoms with Crippen molar-refractivity contribution in [2.75, 3.05) is 18.8 Å². The van der Waals surface area contributed by atoms with Crippen LogP contribution >= 0.6 is 0 Å². The molecule has 0 heterocycles. The van der Waals surface area contributed by atoms with Crippen LogP contribution in [0.5, 0.6) is 0 Å². The highest BCUT2D eigenvalue weighted by atomic mass is 32.2. The van der Waals surface area contributed by atoms with Crippen molar-refractivity contribution in [2.24, 2.45) is 0 Å². The lowest BCUT2D eigenvalue weighted by atomic mass is 9.91. The highest BCUT2D eigenvalue weighted by Crippen LogP contribution is 2.20. The average Bonchev–Trinajstić information content (AvgIpc) is 2.32. The molecule has 0 amide bonds. The first-order valence-corrected chi connectivity index (χ1v) is 8.32. The van der Waals surface area contributed by atoms with Crippen LogP contribution in [0.4, 0.5) is 0 Å². The van der Waals surface area contributed by atoms with E-state index in [0.717, 1.165) is 32.4 Å². The van der Waals surface area contributed by atoms with E-state index in [9.17, 15) is 8.42 Å². The van der Waals surface area contributed by atoms with E-state index in [-0.39, 0.29) is 11.3 Å². The van der Waals surface area contributed by atoms with Crippen LogP contribution in [-0.4, -0.2) is 32.8 Å². The molecule has 0 saturated heterocycles. The van der Waals surface area contributed by atoms with Gasteiger partial charge in [0.2, 0.25) is 10.0 Å². The Morgan fingerprint density at radius 1 is 1.00 bits per heavy atom. The topological polar surface area (TPSA) is 58.2 Å². The van der Waals surface area contributed by atoms with E-state index in [2.05, 4.69) is 10.0 Å². The number of hydrogen-bond acceptors (Lipinski definition) is 3. The van der Waals surface area contributed by atoms with Crippen molar-refractivity contribution in [2.45, 2.75) is 58.9 Å². The summed E-state index contributed by atoms with van der Waals surface area (Å²) in [5, 5.41) is 3.13. The summed E-state index contributed by atoms with van der Waals surface area (Å²) in [5.74, 6) is 0.210. The molecule has 0 rings (SSSR count). The maximum absolute atomic E-state index is 11.9. The van der Waals surface area contributed by atoms with Gasteiger partial charge in [-0.3, -0.25) is 0 Å². The number of sulfonamides is 1. The van der Waals surface area contributed by atoms with Crippen molar-refractivity contribution in [1.29, 1.82) is 0 Å². The van der Waals surface area contributed by atoms with Crippen LogP contribution in [0.1, 0.15) is 53.4 Å². The van der Waals surface area contributed by atoms with Crippen LogP contribution in [0.25, 0.3) is 0 Å². The number of rotatable bonds is 10. The van der Waals surface area contributed by atoms with E-state index in [4.69, 9.17) is 0 Å². The van der Waals surface area contributed by atoms with Crippen LogP contribution in [0.3, 0.4) is 0 Å². The van der Waals surface area contributed by atoms with Gasteiger partial charge in [0, 0.05) is 5.54 Å².